The Morgan fingerprint density at radius 3 is 2.77 bits per heavy atom. The fourth-order valence-corrected chi connectivity index (χ4v) is 4.67. The van der Waals surface area contributed by atoms with Gasteiger partial charge in [-0.2, -0.15) is 5.10 Å². The Bertz CT molecular complexity index is 1690. The van der Waals surface area contributed by atoms with Gasteiger partial charge in [-0.3, -0.25) is 9.79 Å². The van der Waals surface area contributed by atoms with Crippen molar-refractivity contribution in [3.8, 4) is 28.5 Å². The van der Waals surface area contributed by atoms with Crippen molar-refractivity contribution in [3.63, 3.8) is 0 Å². The molecule has 1 aliphatic heterocycles. The van der Waals surface area contributed by atoms with Gasteiger partial charge in [-0.1, -0.05) is 6.08 Å². The van der Waals surface area contributed by atoms with Crippen molar-refractivity contribution in [2.45, 2.75) is 0 Å². The first-order valence-corrected chi connectivity index (χ1v) is 12.9. The lowest BCUT2D eigenvalue weighted by molar-refractivity contribution is -0.118. The van der Waals surface area contributed by atoms with Crippen LogP contribution in [0.15, 0.2) is 88.8 Å². The monoisotopic (exact) mass is 558 g/mol. The molecular formula is C29H23FN4O5S. The van der Waals surface area contributed by atoms with Crippen LogP contribution in [0, 0.1) is 5.82 Å². The van der Waals surface area contributed by atoms with Gasteiger partial charge in [0.25, 0.3) is 5.91 Å². The van der Waals surface area contributed by atoms with Crippen LogP contribution in [0.3, 0.4) is 0 Å². The number of hydrogen-bond donors (Lipinski definition) is 1. The first kappa shape index (κ1) is 26.6. The standard InChI is InChI=1S/C29H23FN4O5S/c1-3-12-31-29-34(23(17-40-29)20-7-11-24-22(14-20)33-27(35)16-38-24)32-15-18-4-10-25(26(13-18)37-2)39-28(36)19-5-8-21(30)9-6-19/h3-11,13-15,17H,1,12,16H2,2H3,(H,33,35). The van der Waals surface area contributed by atoms with Crippen molar-refractivity contribution >= 4 is 35.1 Å². The highest BCUT2D eigenvalue weighted by Crippen LogP contribution is 2.33. The molecule has 0 fully saturated rings. The normalized spacial score (nSPS) is 12.9. The second-order valence-electron chi connectivity index (χ2n) is 8.44. The van der Waals surface area contributed by atoms with Gasteiger partial charge in [-0.15, -0.1) is 17.9 Å². The quantitative estimate of drug-likeness (QED) is 0.144. The summed E-state index contributed by atoms with van der Waals surface area (Å²) in [5, 5.41) is 9.41. The minimum Gasteiger partial charge on any atom is -0.493 e. The van der Waals surface area contributed by atoms with Gasteiger partial charge in [-0.05, 0) is 66.2 Å². The molecular weight excluding hydrogens is 535 g/mol. The molecule has 11 heteroatoms. The zero-order valence-corrected chi connectivity index (χ0v) is 22.1. The number of esters is 1. The number of hydrogen-bond acceptors (Lipinski definition) is 8. The SMILES string of the molecule is C=CCN=c1scc(-c2ccc3c(c2)NC(=O)CO3)n1N=Cc1ccc(OC(=O)c2ccc(F)cc2)c(OC)c1. The van der Waals surface area contributed by atoms with Crippen molar-refractivity contribution in [2.24, 2.45) is 10.1 Å². The second kappa shape index (κ2) is 11.8. The number of carbonyl (C=O) groups excluding carboxylic acids is 2. The van der Waals surface area contributed by atoms with E-state index in [-0.39, 0.29) is 23.8 Å². The van der Waals surface area contributed by atoms with E-state index in [2.05, 4.69) is 22.0 Å². The molecule has 0 atom stereocenters. The number of amides is 1. The minimum absolute atomic E-state index is 0.0205. The zero-order chi connectivity index (χ0) is 28.1. The molecule has 0 spiro atoms. The van der Waals surface area contributed by atoms with E-state index in [1.165, 1.54) is 42.7 Å². The maximum absolute atomic E-state index is 13.2. The molecule has 40 heavy (non-hydrogen) atoms. The second-order valence-corrected chi connectivity index (χ2v) is 9.28. The highest BCUT2D eigenvalue weighted by Gasteiger charge is 2.18. The van der Waals surface area contributed by atoms with E-state index in [1.807, 2.05) is 17.5 Å². The number of nitrogens with one attached hydrogen (secondary N) is 1. The fourth-order valence-electron chi connectivity index (χ4n) is 3.82. The number of ether oxygens (including phenoxy) is 3. The molecule has 5 rings (SSSR count). The van der Waals surface area contributed by atoms with Gasteiger partial charge in [0.15, 0.2) is 18.1 Å². The van der Waals surface area contributed by atoms with E-state index in [4.69, 9.17) is 14.2 Å². The number of aromatic nitrogens is 1. The number of benzene rings is 3. The van der Waals surface area contributed by atoms with Gasteiger partial charge >= 0.3 is 5.97 Å². The summed E-state index contributed by atoms with van der Waals surface area (Å²) in [5.41, 5.74) is 3.01. The van der Waals surface area contributed by atoms with Gasteiger partial charge in [0.05, 0.1) is 36.8 Å². The first-order chi connectivity index (χ1) is 19.4. The third-order valence-electron chi connectivity index (χ3n) is 5.74. The molecule has 0 radical (unpaired) electrons. The van der Waals surface area contributed by atoms with E-state index in [0.717, 1.165) is 11.3 Å². The molecule has 3 aromatic carbocycles. The largest absolute Gasteiger partial charge is 0.493 e. The van der Waals surface area contributed by atoms with Crippen LogP contribution in [-0.4, -0.2) is 43.0 Å². The molecule has 0 aliphatic carbocycles. The average Bonchev–Trinajstić information content (AvgIpc) is 3.37. The predicted octanol–water partition coefficient (Wildman–Crippen LogP) is 4.88. The van der Waals surface area contributed by atoms with Crippen molar-refractivity contribution in [3.05, 3.63) is 100 Å². The molecule has 4 aromatic rings. The minimum atomic E-state index is -0.640. The van der Waals surface area contributed by atoms with Gasteiger partial charge in [-0.25, -0.2) is 13.9 Å². The van der Waals surface area contributed by atoms with Crippen LogP contribution in [0.2, 0.25) is 0 Å². The van der Waals surface area contributed by atoms with Crippen LogP contribution in [-0.2, 0) is 4.79 Å². The molecule has 0 bridgehead atoms. The molecule has 0 saturated carbocycles. The Morgan fingerprint density at radius 2 is 2.00 bits per heavy atom. The van der Waals surface area contributed by atoms with Gasteiger partial charge in [0.2, 0.25) is 4.80 Å². The number of nitrogens with zero attached hydrogens (tertiary/aromatic N) is 3. The number of thiazole rings is 1. The Balaban J connectivity index is 1.44. The Hall–Kier alpha value is -5.03. The summed E-state index contributed by atoms with van der Waals surface area (Å²) in [5.74, 6) is -0.189. The van der Waals surface area contributed by atoms with Gasteiger partial charge in [0.1, 0.15) is 11.6 Å². The number of methoxy groups -OCH3 is 1. The number of rotatable bonds is 8. The van der Waals surface area contributed by atoms with Crippen LogP contribution in [0.25, 0.3) is 11.3 Å². The van der Waals surface area contributed by atoms with Crippen LogP contribution in [0.5, 0.6) is 17.2 Å². The highest BCUT2D eigenvalue weighted by molar-refractivity contribution is 7.07. The van der Waals surface area contributed by atoms with E-state index < -0.39 is 11.8 Å². The summed E-state index contributed by atoms with van der Waals surface area (Å²) in [6, 6.07) is 15.6. The molecule has 0 saturated heterocycles. The smallest absolute Gasteiger partial charge is 0.343 e. The predicted molar refractivity (Wildman–Crippen MR) is 150 cm³/mol. The molecule has 1 aliphatic rings. The number of fused-ring (bicyclic) bond motifs is 1. The molecule has 2 heterocycles. The lowest BCUT2D eigenvalue weighted by Gasteiger charge is -2.18. The van der Waals surface area contributed by atoms with E-state index in [1.54, 1.807) is 41.2 Å². The lowest BCUT2D eigenvalue weighted by Crippen LogP contribution is -2.25. The third kappa shape index (κ3) is 5.84. The summed E-state index contributed by atoms with van der Waals surface area (Å²) in [4.78, 5) is 29.5. The van der Waals surface area contributed by atoms with Crippen LogP contribution in [0.1, 0.15) is 15.9 Å². The fraction of sp³-hybridized carbons (Fsp3) is 0.103. The number of halogens is 1. The Morgan fingerprint density at radius 1 is 1.18 bits per heavy atom. The summed E-state index contributed by atoms with van der Waals surface area (Å²) < 4.78 is 31.2. The van der Waals surface area contributed by atoms with E-state index in [0.29, 0.717) is 34.1 Å². The summed E-state index contributed by atoms with van der Waals surface area (Å²) in [6.07, 6.45) is 3.32. The molecule has 202 valence electrons. The number of anilines is 1. The summed E-state index contributed by atoms with van der Waals surface area (Å²) in [6.45, 7) is 4.12. The van der Waals surface area contributed by atoms with Crippen molar-refractivity contribution < 1.29 is 28.2 Å². The van der Waals surface area contributed by atoms with Crippen LogP contribution < -0.4 is 24.3 Å². The maximum atomic E-state index is 13.2. The van der Waals surface area contributed by atoms with Gasteiger partial charge < -0.3 is 19.5 Å². The molecule has 1 amide bonds. The van der Waals surface area contributed by atoms with E-state index in [9.17, 15) is 14.0 Å². The third-order valence-corrected chi connectivity index (χ3v) is 6.60. The summed E-state index contributed by atoms with van der Waals surface area (Å²) >= 11 is 1.41. The topological polar surface area (TPSA) is 104 Å². The summed E-state index contributed by atoms with van der Waals surface area (Å²) in [7, 11) is 1.46. The van der Waals surface area contributed by atoms with Crippen molar-refractivity contribution in [1.29, 1.82) is 0 Å². The Labute approximate surface area is 232 Å². The molecule has 1 N–H and O–H groups in total. The number of carbonyl (C=O) groups is 2. The molecule has 9 nitrogen and oxygen atoms in total. The average molecular weight is 559 g/mol. The van der Waals surface area contributed by atoms with Crippen LogP contribution in [0.4, 0.5) is 10.1 Å². The first-order valence-electron chi connectivity index (χ1n) is 12.0. The van der Waals surface area contributed by atoms with E-state index >= 15 is 0 Å². The zero-order valence-electron chi connectivity index (χ0n) is 21.3. The molecule has 0 unspecified atom stereocenters. The maximum Gasteiger partial charge on any atom is 0.343 e. The van der Waals surface area contributed by atoms with Gasteiger partial charge in [0, 0.05) is 10.9 Å². The van der Waals surface area contributed by atoms with Crippen molar-refractivity contribution in [2.75, 3.05) is 25.6 Å². The van der Waals surface area contributed by atoms with Crippen molar-refractivity contribution in [1.82, 2.24) is 4.68 Å². The lowest BCUT2D eigenvalue weighted by atomic mass is 10.1. The van der Waals surface area contributed by atoms with Crippen LogP contribution >= 0.6 is 11.3 Å². The highest BCUT2D eigenvalue weighted by atomic mass is 32.1. The molecule has 1 aromatic heterocycles. The Kier molecular flexibility index (Phi) is 7.83.